The van der Waals surface area contributed by atoms with E-state index in [4.69, 9.17) is 14.2 Å². The Hall–Kier alpha value is -2.11. The molecule has 0 saturated carbocycles. The molecular weight excluding hydrogens is 781 g/mol. The molecule has 0 radical (unpaired) electrons. The molecular formula is C57H106O6. The average Bonchev–Trinajstić information content (AvgIpc) is 3.28. The van der Waals surface area contributed by atoms with Crippen molar-refractivity contribution >= 4 is 17.9 Å². The van der Waals surface area contributed by atoms with Gasteiger partial charge in [-0.2, -0.15) is 0 Å². The predicted octanol–water partition coefficient (Wildman–Crippen LogP) is 18.3. The molecule has 6 heteroatoms. The lowest BCUT2D eigenvalue weighted by Gasteiger charge is -2.18. The third-order valence-electron chi connectivity index (χ3n) is 12.5. The largest absolute Gasteiger partial charge is 0.462 e. The summed E-state index contributed by atoms with van der Waals surface area (Å²) in [7, 11) is 0. The Morgan fingerprint density at radius 1 is 0.317 bits per heavy atom. The molecule has 0 aliphatic heterocycles. The van der Waals surface area contributed by atoms with Gasteiger partial charge in [0.1, 0.15) is 13.2 Å². The van der Waals surface area contributed by atoms with Crippen molar-refractivity contribution in [1.82, 2.24) is 0 Å². The van der Waals surface area contributed by atoms with Crippen LogP contribution in [-0.4, -0.2) is 37.2 Å². The van der Waals surface area contributed by atoms with Gasteiger partial charge in [0.15, 0.2) is 6.10 Å². The van der Waals surface area contributed by atoms with E-state index in [1.54, 1.807) is 0 Å². The maximum atomic E-state index is 12.8. The summed E-state index contributed by atoms with van der Waals surface area (Å²) in [6.45, 7) is 6.62. The van der Waals surface area contributed by atoms with Gasteiger partial charge in [-0.3, -0.25) is 14.4 Å². The highest BCUT2D eigenvalue weighted by Gasteiger charge is 2.19. The molecule has 0 aliphatic rings. The number of ether oxygens (including phenoxy) is 3. The van der Waals surface area contributed by atoms with Crippen LogP contribution >= 0.6 is 0 Å². The van der Waals surface area contributed by atoms with Crippen LogP contribution in [0.3, 0.4) is 0 Å². The summed E-state index contributed by atoms with van der Waals surface area (Å²) >= 11 is 0. The number of unbranched alkanes of at least 4 members (excludes halogenated alkanes) is 36. The van der Waals surface area contributed by atoms with Crippen LogP contribution in [0, 0.1) is 0 Å². The summed E-state index contributed by atoms with van der Waals surface area (Å²) in [5.41, 5.74) is 0. The fraction of sp³-hybridized carbons (Fsp3) is 0.877. The zero-order valence-electron chi connectivity index (χ0n) is 42.4. The van der Waals surface area contributed by atoms with Crippen LogP contribution in [0.1, 0.15) is 303 Å². The van der Waals surface area contributed by atoms with Crippen molar-refractivity contribution in [2.75, 3.05) is 13.2 Å². The molecule has 1 atom stereocenters. The highest BCUT2D eigenvalue weighted by molar-refractivity contribution is 5.71. The SMILES string of the molecule is CCCCC/C=C\C/C=C\CCCCCCCCCCCC(=O)OCC(COC(=O)CCCCCCCCCC)OC(=O)CCCCCCCCCCCCCCCCCCCC. The number of esters is 3. The van der Waals surface area contributed by atoms with E-state index in [2.05, 4.69) is 45.1 Å². The Kier molecular flexibility index (Phi) is 50.8. The van der Waals surface area contributed by atoms with Crippen LogP contribution in [0.5, 0.6) is 0 Å². The lowest BCUT2D eigenvalue weighted by molar-refractivity contribution is -0.167. The summed E-state index contributed by atoms with van der Waals surface area (Å²) < 4.78 is 16.8. The Balaban J connectivity index is 4.22. The van der Waals surface area contributed by atoms with Crippen LogP contribution in [0.4, 0.5) is 0 Å². The Labute approximate surface area is 392 Å². The quantitative estimate of drug-likeness (QED) is 0.0262. The van der Waals surface area contributed by atoms with Crippen LogP contribution < -0.4 is 0 Å². The van der Waals surface area contributed by atoms with Crippen molar-refractivity contribution in [3.05, 3.63) is 24.3 Å². The molecule has 0 aromatic carbocycles. The summed E-state index contributed by atoms with van der Waals surface area (Å²) in [6.07, 6.45) is 60.3. The van der Waals surface area contributed by atoms with Crippen molar-refractivity contribution < 1.29 is 28.6 Å². The van der Waals surface area contributed by atoms with Gasteiger partial charge in [0, 0.05) is 19.3 Å². The minimum Gasteiger partial charge on any atom is -0.462 e. The second-order valence-corrected chi connectivity index (χ2v) is 18.9. The van der Waals surface area contributed by atoms with E-state index in [0.29, 0.717) is 19.3 Å². The lowest BCUT2D eigenvalue weighted by atomic mass is 10.0. The second kappa shape index (κ2) is 52.5. The highest BCUT2D eigenvalue weighted by atomic mass is 16.6. The fourth-order valence-electron chi connectivity index (χ4n) is 8.24. The molecule has 1 unspecified atom stereocenters. The highest BCUT2D eigenvalue weighted by Crippen LogP contribution is 2.17. The summed E-state index contributed by atoms with van der Waals surface area (Å²) in [4.78, 5) is 37.9. The molecule has 0 saturated heterocycles. The number of carbonyl (C=O) groups is 3. The first-order chi connectivity index (χ1) is 31.0. The topological polar surface area (TPSA) is 78.9 Å². The van der Waals surface area contributed by atoms with E-state index < -0.39 is 6.10 Å². The van der Waals surface area contributed by atoms with Crippen molar-refractivity contribution in [1.29, 1.82) is 0 Å². The van der Waals surface area contributed by atoms with Crippen molar-refractivity contribution in [3.63, 3.8) is 0 Å². The van der Waals surface area contributed by atoms with Gasteiger partial charge in [-0.25, -0.2) is 0 Å². The first kappa shape index (κ1) is 60.9. The Bertz CT molecular complexity index is 1020. The number of hydrogen-bond donors (Lipinski definition) is 0. The zero-order chi connectivity index (χ0) is 45.8. The molecule has 0 aromatic heterocycles. The van der Waals surface area contributed by atoms with E-state index in [0.717, 1.165) is 64.2 Å². The van der Waals surface area contributed by atoms with Crippen molar-refractivity contribution in [3.8, 4) is 0 Å². The van der Waals surface area contributed by atoms with Gasteiger partial charge in [0.25, 0.3) is 0 Å². The first-order valence-electron chi connectivity index (χ1n) is 27.8. The van der Waals surface area contributed by atoms with Gasteiger partial charge in [0.2, 0.25) is 0 Å². The molecule has 0 amide bonds. The van der Waals surface area contributed by atoms with E-state index in [1.165, 1.54) is 199 Å². The Morgan fingerprint density at radius 2 is 0.571 bits per heavy atom. The van der Waals surface area contributed by atoms with Gasteiger partial charge in [0.05, 0.1) is 0 Å². The molecule has 370 valence electrons. The molecule has 0 aliphatic carbocycles. The van der Waals surface area contributed by atoms with Gasteiger partial charge in [-0.05, 0) is 51.4 Å². The molecule has 0 spiro atoms. The third kappa shape index (κ3) is 50.7. The standard InChI is InChI=1S/C57H106O6/c1-4-7-10-13-16-19-21-23-25-27-29-31-32-34-36-38-41-44-47-50-56(59)62-53-54(52-61-55(58)49-46-43-40-18-15-12-9-6-3)63-57(60)51-48-45-42-39-37-35-33-30-28-26-24-22-20-17-14-11-8-5-2/h16,19,23,25,54H,4-15,17-18,20-22,24,26-53H2,1-3H3/b19-16-,25-23-. The summed E-state index contributed by atoms with van der Waals surface area (Å²) in [5.74, 6) is -0.859. The van der Waals surface area contributed by atoms with Crippen LogP contribution in [0.2, 0.25) is 0 Å². The van der Waals surface area contributed by atoms with E-state index >= 15 is 0 Å². The minimum atomic E-state index is -0.766. The first-order valence-corrected chi connectivity index (χ1v) is 27.8. The monoisotopic (exact) mass is 887 g/mol. The van der Waals surface area contributed by atoms with Crippen LogP contribution in [0.15, 0.2) is 24.3 Å². The van der Waals surface area contributed by atoms with Gasteiger partial charge >= 0.3 is 17.9 Å². The van der Waals surface area contributed by atoms with Crippen LogP contribution in [0.25, 0.3) is 0 Å². The molecule has 0 aromatic rings. The normalized spacial score (nSPS) is 12.1. The Morgan fingerprint density at radius 3 is 0.905 bits per heavy atom. The molecule has 0 bridgehead atoms. The third-order valence-corrected chi connectivity index (χ3v) is 12.5. The average molecular weight is 887 g/mol. The number of hydrogen-bond acceptors (Lipinski definition) is 6. The van der Waals surface area contributed by atoms with Crippen molar-refractivity contribution in [2.24, 2.45) is 0 Å². The molecule has 0 fully saturated rings. The minimum absolute atomic E-state index is 0.0679. The van der Waals surface area contributed by atoms with E-state index in [-0.39, 0.29) is 31.1 Å². The number of allylic oxidation sites excluding steroid dienone is 4. The smallest absolute Gasteiger partial charge is 0.306 e. The molecule has 63 heavy (non-hydrogen) atoms. The molecule has 6 nitrogen and oxygen atoms in total. The summed E-state index contributed by atoms with van der Waals surface area (Å²) in [6, 6.07) is 0. The van der Waals surface area contributed by atoms with Gasteiger partial charge in [-0.15, -0.1) is 0 Å². The second-order valence-electron chi connectivity index (χ2n) is 18.9. The van der Waals surface area contributed by atoms with E-state index in [9.17, 15) is 14.4 Å². The molecule has 0 N–H and O–H groups in total. The van der Waals surface area contributed by atoms with Gasteiger partial charge in [-0.1, -0.05) is 257 Å². The lowest BCUT2D eigenvalue weighted by Crippen LogP contribution is -2.30. The molecule has 0 heterocycles. The molecule has 0 rings (SSSR count). The predicted molar refractivity (Wildman–Crippen MR) is 270 cm³/mol. The summed E-state index contributed by atoms with van der Waals surface area (Å²) in [5, 5.41) is 0. The van der Waals surface area contributed by atoms with Crippen LogP contribution in [-0.2, 0) is 28.6 Å². The fourth-order valence-corrected chi connectivity index (χ4v) is 8.24. The van der Waals surface area contributed by atoms with Gasteiger partial charge < -0.3 is 14.2 Å². The van der Waals surface area contributed by atoms with E-state index in [1.807, 2.05) is 0 Å². The maximum Gasteiger partial charge on any atom is 0.306 e. The number of rotatable bonds is 51. The van der Waals surface area contributed by atoms with Crippen molar-refractivity contribution in [2.45, 2.75) is 309 Å². The maximum absolute atomic E-state index is 12.8. The zero-order valence-corrected chi connectivity index (χ0v) is 42.4. The number of carbonyl (C=O) groups excluding carboxylic acids is 3.